The van der Waals surface area contributed by atoms with Crippen LogP contribution in [0, 0.1) is 11.3 Å². The summed E-state index contributed by atoms with van der Waals surface area (Å²) in [6, 6.07) is 6.35. The van der Waals surface area contributed by atoms with Crippen molar-refractivity contribution >= 4 is 11.5 Å². The van der Waals surface area contributed by atoms with Gasteiger partial charge in [-0.25, -0.2) is 4.99 Å². The molecule has 1 aliphatic heterocycles. The second-order valence-corrected chi connectivity index (χ2v) is 8.58. The summed E-state index contributed by atoms with van der Waals surface area (Å²) in [5.41, 5.74) is 8.68. The first-order chi connectivity index (χ1) is 12.4. The number of aliphatic imine (C=N–C) groups is 2. The maximum Gasteiger partial charge on any atom is 0.184 e. The van der Waals surface area contributed by atoms with Crippen LogP contribution in [0.3, 0.4) is 0 Å². The fourth-order valence-electron chi connectivity index (χ4n) is 4.78. The molecule has 1 saturated carbocycles. The third-order valence-corrected chi connectivity index (χ3v) is 6.20. The summed E-state index contributed by atoms with van der Waals surface area (Å²) < 4.78 is 5.97. The average molecular weight is 355 g/mol. The van der Waals surface area contributed by atoms with E-state index in [0.29, 0.717) is 18.4 Å². The number of benzene rings is 1. The summed E-state index contributed by atoms with van der Waals surface area (Å²) in [6.07, 6.45) is 4.16. The van der Waals surface area contributed by atoms with Gasteiger partial charge in [-0.1, -0.05) is 19.9 Å². The lowest BCUT2D eigenvalue weighted by Crippen LogP contribution is -2.43. The van der Waals surface area contributed by atoms with Gasteiger partial charge < -0.3 is 15.6 Å². The van der Waals surface area contributed by atoms with Crippen LogP contribution in [0.15, 0.2) is 28.2 Å². The summed E-state index contributed by atoms with van der Waals surface area (Å²) in [5, 5.41) is 10.1. The summed E-state index contributed by atoms with van der Waals surface area (Å²) in [6.45, 7) is 6.92. The van der Waals surface area contributed by atoms with Gasteiger partial charge in [0.05, 0.1) is 18.4 Å². The molecule has 5 nitrogen and oxygen atoms in total. The Morgan fingerprint density at radius 3 is 2.62 bits per heavy atom. The third-order valence-electron chi connectivity index (χ3n) is 6.20. The Kier molecular flexibility index (Phi) is 4.10. The summed E-state index contributed by atoms with van der Waals surface area (Å²) >= 11 is 0. The monoisotopic (exact) mass is 355 g/mol. The van der Waals surface area contributed by atoms with E-state index in [-0.39, 0.29) is 11.5 Å². The van der Waals surface area contributed by atoms with Gasteiger partial charge in [0.2, 0.25) is 0 Å². The number of hydrogen-bond donors (Lipinski definition) is 2. The van der Waals surface area contributed by atoms with E-state index in [2.05, 4.69) is 32.0 Å². The van der Waals surface area contributed by atoms with Crippen LogP contribution in [0.1, 0.15) is 57.6 Å². The predicted octanol–water partition coefficient (Wildman–Crippen LogP) is 3.18. The lowest BCUT2D eigenvalue weighted by Gasteiger charge is -2.44. The maximum absolute atomic E-state index is 10.1. The topological polar surface area (TPSA) is 80.2 Å². The van der Waals surface area contributed by atoms with Gasteiger partial charge in [0, 0.05) is 11.0 Å². The minimum absolute atomic E-state index is 0.0897. The lowest BCUT2D eigenvalue weighted by atomic mass is 9.65. The smallest absolute Gasteiger partial charge is 0.184 e. The highest BCUT2D eigenvalue weighted by Gasteiger charge is 2.60. The van der Waals surface area contributed by atoms with Crippen LogP contribution in [0.25, 0.3) is 0 Å². The number of fused-ring (bicyclic) bond motifs is 3. The van der Waals surface area contributed by atoms with E-state index < -0.39 is 5.66 Å². The number of aliphatic hydroxyl groups is 1. The van der Waals surface area contributed by atoms with Gasteiger partial charge in [0.25, 0.3) is 0 Å². The second-order valence-electron chi connectivity index (χ2n) is 8.58. The SMILES string of the molecule is CC1=NC2(N=C1N)c1cc(OCC(C)C)ccc1C[C@]21CC[C@@H](O)CC1. The Bertz CT molecular complexity index is 755. The van der Waals surface area contributed by atoms with Crippen LogP contribution in [-0.4, -0.2) is 29.4 Å². The van der Waals surface area contributed by atoms with Crippen LogP contribution in [0.4, 0.5) is 0 Å². The molecule has 1 unspecified atom stereocenters. The molecule has 26 heavy (non-hydrogen) atoms. The van der Waals surface area contributed by atoms with Gasteiger partial charge in [-0.3, -0.25) is 4.99 Å². The Labute approximate surface area is 155 Å². The molecule has 0 saturated heterocycles. The molecule has 140 valence electrons. The number of ether oxygens (including phenoxy) is 1. The highest BCUT2D eigenvalue weighted by Crippen LogP contribution is 2.61. The molecule has 3 aliphatic rings. The molecule has 1 atom stereocenters. The van der Waals surface area contributed by atoms with Crippen molar-refractivity contribution in [3.05, 3.63) is 29.3 Å². The number of nitrogens with zero attached hydrogens (tertiary/aromatic N) is 2. The highest BCUT2D eigenvalue weighted by molar-refractivity contribution is 6.41. The van der Waals surface area contributed by atoms with Gasteiger partial charge in [-0.05, 0) is 62.6 Å². The van der Waals surface area contributed by atoms with E-state index >= 15 is 0 Å². The van der Waals surface area contributed by atoms with E-state index in [1.54, 1.807) is 0 Å². The standard InChI is InChI=1S/C21H29N3O2/c1-13(2)12-26-17-5-4-15-11-20(8-6-16(25)7-9-20)21(18(15)10-17)23-14(3)19(22)24-21/h4-5,10,13,16,25H,6-9,11-12H2,1-3H3,(H2,22,24)/t16-,20-,21?. The molecule has 1 aromatic rings. The van der Waals surface area contributed by atoms with Crippen molar-refractivity contribution in [2.45, 2.75) is 64.6 Å². The van der Waals surface area contributed by atoms with Crippen molar-refractivity contribution < 1.29 is 9.84 Å². The van der Waals surface area contributed by atoms with Crippen molar-refractivity contribution in [1.82, 2.24) is 0 Å². The average Bonchev–Trinajstić information content (AvgIpc) is 3.04. The number of amidine groups is 1. The first-order valence-corrected chi connectivity index (χ1v) is 9.72. The number of nitrogens with two attached hydrogens (primary N) is 1. The van der Waals surface area contributed by atoms with Gasteiger partial charge >= 0.3 is 0 Å². The Morgan fingerprint density at radius 2 is 2.00 bits per heavy atom. The van der Waals surface area contributed by atoms with Crippen molar-refractivity contribution in [3.8, 4) is 5.75 Å². The van der Waals surface area contributed by atoms with Crippen LogP contribution in [0.5, 0.6) is 5.75 Å². The Balaban J connectivity index is 1.79. The van der Waals surface area contributed by atoms with Crippen LogP contribution in [0.2, 0.25) is 0 Å². The van der Waals surface area contributed by atoms with Gasteiger partial charge in [0.1, 0.15) is 11.6 Å². The zero-order valence-electron chi connectivity index (χ0n) is 16.0. The van der Waals surface area contributed by atoms with Gasteiger partial charge in [0.15, 0.2) is 5.66 Å². The first kappa shape index (κ1) is 17.5. The van der Waals surface area contributed by atoms with Crippen molar-refractivity contribution in [2.24, 2.45) is 27.1 Å². The molecule has 4 rings (SSSR count). The molecule has 2 spiro atoms. The molecule has 5 heteroatoms. The fraction of sp³-hybridized carbons (Fsp3) is 0.619. The third kappa shape index (κ3) is 2.56. The minimum Gasteiger partial charge on any atom is -0.493 e. The van der Waals surface area contributed by atoms with E-state index in [1.165, 1.54) is 5.56 Å². The van der Waals surface area contributed by atoms with Crippen molar-refractivity contribution in [2.75, 3.05) is 6.61 Å². The zero-order valence-corrected chi connectivity index (χ0v) is 16.0. The number of hydrogen-bond acceptors (Lipinski definition) is 5. The molecular formula is C21H29N3O2. The lowest BCUT2D eigenvalue weighted by molar-refractivity contribution is 0.0233. The normalized spacial score (nSPS) is 32.9. The van der Waals surface area contributed by atoms with Crippen LogP contribution < -0.4 is 10.5 Å². The summed E-state index contributed by atoms with van der Waals surface area (Å²) in [5.74, 6) is 1.89. The van der Waals surface area contributed by atoms with E-state index in [4.69, 9.17) is 20.5 Å². The molecule has 0 amide bonds. The quantitative estimate of drug-likeness (QED) is 0.874. The predicted molar refractivity (Wildman–Crippen MR) is 104 cm³/mol. The molecule has 1 fully saturated rings. The molecular weight excluding hydrogens is 326 g/mol. The first-order valence-electron chi connectivity index (χ1n) is 9.72. The Hall–Kier alpha value is -1.88. The summed E-state index contributed by atoms with van der Waals surface area (Å²) in [7, 11) is 0. The second kappa shape index (κ2) is 6.08. The van der Waals surface area contributed by atoms with Crippen molar-refractivity contribution in [3.63, 3.8) is 0 Å². The van der Waals surface area contributed by atoms with Crippen LogP contribution >= 0.6 is 0 Å². The fourth-order valence-corrected chi connectivity index (χ4v) is 4.78. The molecule has 3 N–H and O–H groups in total. The number of rotatable bonds is 3. The molecule has 0 aromatic heterocycles. The van der Waals surface area contributed by atoms with E-state index in [9.17, 15) is 5.11 Å². The van der Waals surface area contributed by atoms with E-state index in [1.807, 2.05) is 6.92 Å². The zero-order chi connectivity index (χ0) is 18.5. The summed E-state index contributed by atoms with van der Waals surface area (Å²) in [4.78, 5) is 9.96. The molecule has 0 radical (unpaired) electrons. The number of aliphatic hydroxyl groups excluding tert-OH is 1. The minimum atomic E-state index is -0.645. The van der Waals surface area contributed by atoms with Crippen molar-refractivity contribution in [1.29, 1.82) is 0 Å². The van der Waals surface area contributed by atoms with E-state index in [0.717, 1.165) is 49.1 Å². The van der Waals surface area contributed by atoms with Gasteiger partial charge in [-0.2, -0.15) is 0 Å². The highest BCUT2D eigenvalue weighted by atomic mass is 16.5. The molecule has 1 heterocycles. The van der Waals surface area contributed by atoms with Crippen LogP contribution in [-0.2, 0) is 12.1 Å². The van der Waals surface area contributed by atoms with Gasteiger partial charge in [-0.15, -0.1) is 0 Å². The maximum atomic E-state index is 10.1. The largest absolute Gasteiger partial charge is 0.493 e. The molecule has 0 bridgehead atoms. The molecule has 1 aromatic carbocycles. The Morgan fingerprint density at radius 1 is 1.27 bits per heavy atom. The molecule has 2 aliphatic carbocycles.